The molecule has 176 valence electrons. The van der Waals surface area contributed by atoms with Gasteiger partial charge in [-0.15, -0.1) is 0 Å². The highest BCUT2D eigenvalue weighted by Gasteiger charge is 2.40. The number of benzene rings is 1. The fraction of sp³-hybridized carbons (Fsp3) is 0.480. The van der Waals surface area contributed by atoms with Crippen molar-refractivity contribution in [1.82, 2.24) is 9.58 Å². The van der Waals surface area contributed by atoms with Crippen molar-refractivity contribution in [2.45, 2.75) is 59.2 Å². The average Bonchev–Trinajstić information content (AvgIpc) is 3.58. The van der Waals surface area contributed by atoms with Crippen LogP contribution < -0.4 is 15.2 Å². The smallest absolute Gasteiger partial charge is 0.431 e. The summed E-state index contributed by atoms with van der Waals surface area (Å²) >= 11 is 0. The van der Waals surface area contributed by atoms with E-state index in [0.29, 0.717) is 24.6 Å². The first-order valence-electron chi connectivity index (χ1n) is 11.4. The number of carbonyl (C=O) groups excluding carboxylic acids is 2. The molecule has 0 spiro atoms. The number of fused-ring (bicyclic) bond motifs is 1. The highest BCUT2D eigenvalue weighted by molar-refractivity contribution is 5.98. The van der Waals surface area contributed by atoms with E-state index in [1.165, 1.54) is 15.8 Å². The van der Waals surface area contributed by atoms with Gasteiger partial charge in [0, 0.05) is 18.3 Å². The minimum atomic E-state index is -0.710. The lowest BCUT2D eigenvalue weighted by Gasteiger charge is -2.40. The molecule has 0 radical (unpaired) electrons. The van der Waals surface area contributed by atoms with Gasteiger partial charge in [-0.05, 0) is 51.5 Å². The van der Waals surface area contributed by atoms with Crippen LogP contribution in [-0.2, 0) is 17.8 Å². The van der Waals surface area contributed by atoms with Gasteiger partial charge in [-0.1, -0.05) is 37.3 Å². The van der Waals surface area contributed by atoms with Gasteiger partial charge in [0.25, 0.3) is 5.91 Å². The first-order valence-corrected chi connectivity index (χ1v) is 11.4. The predicted molar refractivity (Wildman–Crippen MR) is 124 cm³/mol. The molecule has 0 atom stereocenters. The summed E-state index contributed by atoms with van der Waals surface area (Å²) < 4.78 is 13.1. The van der Waals surface area contributed by atoms with Crippen LogP contribution in [0.15, 0.2) is 41.2 Å². The molecule has 2 amide bonds. The summed E-state index contributed by atoms with van der Waals surface area (Å²) in [6, 6.07) is 10.9. The Bertz CT molecular complexity index is 1100. The molecule has 1 aromatic carbocycles. The summed E-state index contributed by atoms with van der Waals surface area (Å²) in [4.78, 5) is 41.4. The van der Waals surface area contributed by atoms with Gasteiger partial charge in [0.05, 0.1) is 0 Å². The van der Waals surface area contributed by atoms with E-state index in [9.17, 15) is 14.4 Å². The Morgan fingerprint density at radius 1 is 1.12 bits per heavy atom. The minimum Gasteiger partial charge on any atom is -0.482 e. The van der Waals surface area contributed by atoms with E-state index in [4.69, 9.17) is 9.47 Å². The zero-order valence-electron chi connectivity index (χ0n) is 19.7. The number of amides is 2. The molecule has 2 aliphatic rings. The number of hydrogen-bond donors (Lipinski definition) is 0. The van der Waals surface area contributed by atoms with Crippen molar-refractivity contribution in [3.63, 3.8) is 0 Å². The maximum atomic E-state index is 13.6. The minimum absolute atomic E-state index is 0.0462. The summed E-state index contributed by atoms with van der Waals surface area (Å²) in [6.45, 7) is 7.99. The molecular weight excluding hydrogens is 422 g/mol. The van der Waals surface area contributed by atoms with Crippen molar-refractivity contribution >= 4 is 12.0 Å². The van der Waals surface area contributed by atoms with Crippen molar-refractivity contribution in [2.75, 3.05) is 18.2 Å². The van der Waals surface area contributed by atoms with Gasteiger partial charge < -0.3 is 14.4 Å². The second-order valence-corrected chi connectivity index (χ2v) is 9.61. The van der Waals surface area contributed by atoms with Gasteiger partial charge in [0.1, 0.15) is 18.9 Å². The van der Waals surface area contributed by atoms with Gasteiger partial charge in [0.15, 0.2) is 11.4 Å². The summed E-state index contributed by atoms with van der Waals surface area (Å²) in [7, 11) is 0. The van der Waals surface area contributed by atoms with Crippen molar-refractivity contribution in [3.05, 3.63) is 63.6 Å². The van der Waals surface area contributed by atoms with Crippen LogP contribution in [0.1, 0.15) is 62.3 Å². The topological polar surface area (TPSA) is 81.1 Å². The number of pyridine rings is 1. The number of rotatable bonds is 6. The fourth-order valence-electron chi connectivity index (χ4n) is 3.86. The zero-order chi connectivity index (χ0) is 23.8. The quantitative estimate of drug-likeness (QED) is 0.666. The zero-order valence-corrected chi connectivity index (χ0v) is 19.7. The van der Waals surface area contributed by atoms with E-state index in [2.05, 4.69) is 0 Å². The number of hydrogen-bond acceptors (Lipinski definition) is 5. The highest BCUT2D eigenvalue weighted by atomic mass is 16.6. The van der Waals surface area contributed by atoms with E-state index in [1.807, 2.05) is 37.3 Å². The third kappa shape index (κ3) is 5.05. The SMILES string of the molecule is CCc1cc(=O)c(OCc2ccccc2)c2n1N(C(=O)OC(C)(C)C)CN(CC1CC1)C2=O. The second-order valence-electron chi connectivity index (χ2n) is 9.61. The number of nitrogens with zero attached hydrogens (tertiary/aromatic N) is 3. The molecule has 0 N–H and O–H groups in total. The number of aromatic nitrogens is 1. The van der Waals surface area contributed by atoms with E-state index >= 15 is 0 Å². The molecule has 0 bridgehead atoms. The molecule has 1 aromatic heterocycles. The summed E-state index contributed by atoms with van der Waals surface area (Å²) in [5.74, 6) is 0.0584. The Labute approximate surface area is 193 Å². The Hall–Kier alpha value is -3.29. The van der Waals surface area contributed by atoms with Crippen molar-refractivity contribution < 1.29 is 19.1 Å². The molecular formula is C25H31N3O5. The van der Waals surface area contributed by atoms with Crippen LogP contribution >= 0.6 is 0 Å². The Morgan fingerprint density at radius 2 is 1.82 bits per heavy atom. The fourth-order valence-corrected chi connectivity index (χ4v) is 3.86. The molecule has 1 aliphatic heterocycles. The van der Waals surface area contributed by atoms with Gasteiger partial charge >= 0.3 is 6.09 Å². The van der Waals surface area contributed by atoms with Crippen LogP contribution in [0.3, 0.4) is 0 Å². The normalized spacial score (nSPS) is 15.9. The molecule has 2 heterocycles. The van der Waals surface area contributed by atoms with Crippen LogP contribution in [0, 0.1) is 5.92 Å². The predicted octanol–water partition coefficient (Wildman–Crippen LogP) is 3.69. The molecule has 0 unspecified atom stereocenters. The number of carbonyl (C=O) groups is 2. The molecule has 8 nitrogen and oxygen atoms in total. The van der Waals surface area contributed by atoms with E-state index in [-0.39, 0.29) is 36.1 Å². The van der Waals surface area contributed by atoms with Gasteiger partial charge in [0.2, 0.25) is 5.43 Å². The molecule has 1 aliphatic carbocycles. The monoisotopic (exact) mass is 453 g/mol. The molecule has 2 aromatic rings. The van der Waals surface area contributed by atoms with E-state index in [1.54, 1.807) is 25.7 Å². The molecule has 8 heteroatoms. The largest absolute Gasteiger partial charge is 0.482 e. The average molecular weight is 454 g/mol. The van der Waals surface area contributed by atoms with Crippen LogP contribution in [0.4, 0.5) is 4.79 Å². The summed E-state index contributed by atoms with van der Waals surface area (Å²) in [5.41, 5.74) is 0.412. The van der Waals surface area contributed by atoms with Gasteiger partial charge in [-0.2, -0.15) is 5.01 Å². The van der Waals surface area contributed by atoms with Crippen LogP contribution in [-0.4, -0.2) is 40.4 Å². The second kappa shape index (κ2) is 8.92. The number of aryl methyl sites for hydroxylation is 1. The Morgan fingerprint density at radius 3 is 2.42 bits per heavy atom. The first-order chi connectivity index (χ1) is 15.7. The Kier molecular flexibility index (Phi) is 6.19. The molecule has 33 heavy (non-hydrogen) atoms. The van der Waals surface area contributed by atoms with Crippen molar-refractivity contribution in [2.24, 2.45) is 5.92 Å². The molecule has 1 saturated carbocycles. The first kappa shape index (κ1) is 22.9. The third-order valence-electron chi connectivity index (χ3n) is 5.62. The summed E-state index contributed by atoms with van der Waals surface area (Å²) in [5, 5.41) is 1.40. The Balaban J connectivity index is 1.80. The standard InChI is InChI=1S/C25H31N3O5/c1-5-19-13-20(29)22(32-15-18-9-7-6-8-10-18)21-23(30)26(14-17-11-12-17)16-27(28(19)21)24(31)33-25(2,3)4/h6-10,13,17H,5,11-12,14-16H2,1-4H3. The highest BCUT2D eigenvalue weighted by Crippen LogP contribution is 2.32. The lowest BCUT2D eigenvalue weighted by molar-refractivity contribution is 0.0444. The van der Waals surface area contributed by atoms with Gasteiger partial charge in [-0.3, -0.25) is 9.59 Å². The van der Waals surface area contributed by atoms with Crippen molar-refractivity contribution in [3.8, 4) is 5.75 Å². The molecule has 0 saturated heterocycles. The molecule has 4 rings (SSSR count). The maximum absolute atomic E-state index is 13.6. The summed E-state index contributed by atoms with van der Waals surface area (Å²) in [6.07, 6.45) is 1.98. The van der Waals surface area contributed by atoms with E-state index < -0.39 is 11.7 Å². The van der Waals surface area contributed by atoms with Crippen molar-refractivity contribution in [1.29, 1.82) is 0 Å². The number of ether oxygens (including phenoxy) is 2. The van der Waals surface area contributed by atoms with E-state index in [0.717, 1.165) is 18.4 Å². The lowest BCUT2D eigenvalue weighted by atomic mass is 10.2. The lowest BCUT2D eigenvalue weighted by Crippen LogP contribution is -2.58. The maximum Gasteiger partial charge on any atom is 0.431 e. The third-order valence-corrected chi connectivity index (χ3v) is 5.62. The van der Waals surface area contributed by atoms with Crippen LogP contribution in [0.25, 0.3) is 0 Å². The van der Waals surface area contributed by atoms with Crippen LogP contribution in [0.5, 0.6) is 5.75 Å². The van der Waals surface area contributed by atoms with Gasteiger partial charge in [-0.25, -0.2) is 9.47 Å². The van der Waals surface area contributed by atoms with Crippen LogP contribution in [0.2, 0.25) is 0 Å². The molecule has 1 fully saturated rings.